The predicted molar refractivity (Wildman–Crippen MR) is 85.3 cm³/mol. The van der Waals surface area contributed by atoms with E-state index in [2.05, 4.69) is 15.0 Å². The molecule has 0 aliphatic carbocycles. The number of aryl methyl sites for hydroxylation is 1. The molecule has 1 aromatic carbocycles. The van der Waals surface area contributed by atoms with Crippen molar-refractivity contribution in [2.75, 3.05) is 5.75 Å². The van der Waals surface area contributed by atoms with Gasteiger partial charge in [-0.15, -0.1) is 0 Å². The first-order valence-electron chi connectivity index (χ1n) is 6.25. The van der Waals surface area contributed by atoms with Crippen molar-refractivity contribution in [2.45, 2.75) is 12.1 Å². The van der Waals surface area contributed by atoms with Crippen LogP contribution in [0, 0.1) is 6.92 Å². The van der Waals surface area contributed by atoms with E-state index < -0.39 is 0 Å². The van der Waals surface area contributed by atoms with Gasteiger partial charge in [0.15, 0.2) is 5.16 Å². The van der Waals surface area contributed by atoms with Gasteiger partial charge in [-0.3, -0.25) is 4.79 Å². The van der Waals surface area contributed by atoms with E-state index in [1.807, 2.05) is 37.3 Å². The molecule has 0 aliphatic heterocycles. The normalized spacial score (nSPS) is 10.9. The summed E-state index contributed by atoms with van der Waals surface area (Å²) < 4.78 is 0. The molecule has 0 bridgehead atoms. The molecule has 7 heteroatoms. The molecule has 21 heavy (non-hydrogen) atoms. The van der Waals surface area contributed by atoms with Gasteiger partial charge in [-0.05, 0) is 6.92 Å². The van der Waals surface area contributed by atoms with Gasteiger partial charge < -0.3 is 5.73 Å². The summed E-state index contributed by atoms with van der Waals surface area (Å²) in [7, 11) is 0. The lowest BCUT2D eigenvalue weighted by molar-refractivity contribution is -0.115. The second kappa shape index (κ2) is 5.79. The molecule has 2 heterocycles. The minimum Gasteiger partial charge on any atom is -0.369 e. The number of rotatable bonds is 4. The number of benzene rings is 1. The van der Waals surface area contributed by atoms with E-state index >= 15 is 0 Å². The predicted octanol–water partition coefficient (Wildman–Crippen LogP) is 2.64. The summed E-state index contributed by atoms with van der Waals surface area (Å²) in [6.45, 7) is 1.94. The van der Waals surface area contributed by atoms with E-state index in [1.54, 1.807) is 0 Å². The summed E-state index contributed by atoms with van der Waals surface area (Å²) in [6, 6.07) is 9.84. The maximum absolute atomic E-state index is 10.9. The molecule has 0 aliphatic rings. The highest BCUT2D eigenvalue weighted by atomic mass is 32.2. The Labute approximate surface area is 129 Å². The highest BCUT2D eigenvalue weighted by Crippen LogP contribution is 2.30. The average Bonchev–Trinajstić information content (AvgIpc) is 2.85. The van der Waals surface area contributed by atoms with Crippen LogP contribution in [0.5, 0.6) is 0 Å². The van der Waals surface area contributed by atoms with E-state index in [0.29, 0.717) is 5.16 Å². The fourth-order valence-corrected chi connectivity index (χ4v) is 3.33. The van der Waals surface area contributed by atoms with Crippen LogP contribution in [0.3, 0.4) is 0 Å². The van der Waals surface area contributed by atoms with Crippen LogP contribution in [-0.2, 0) is 4.79 Å². The number of aromatic nitrogens is 3. The minimum absolute atomic E-state index is 0.164. The van der Waals surface area contributed by atoms with Crippen LogP contribution in [0.4, 0.5) is 0 Å². The molecule has 0 saturated heterocycles. The van der Waals surface area contributed by atoms with Crippen molar-refractivity contribution in [3.63, 3.8) is 0 Å². The Balaban J connectivity index is 2.13. The molecule has 0 spiro atoms. The van der Waals surface area contributed by atoms with Crippen LogP contribution in [0.15, 0.2) is 35.5 Å². The Morgan fingerprint density at radius 2 is 2.00 bits per heavy atom. The van der Waals surface area contributed by atoms with E-state index in [9.17, 15) is 4.79 Å². The zero-order valence-electron chi connectivity index (χ0n) is 11.2. The molecule has 2 N–H and O–H groups in total. The maximum Gasteiger partial charge on any atom is 0.227 e. The zero-order valence-corrected chi connectivity index (χ0v) is 12.9. The fraction of sp³-hybridized carbons (Fsp3) is 0.143. The van der Waals surface area contributed by atoms with Crippen LogP contribution >= 0.6 is 23.1 Å². The topological polar surface area (TPSA) is 81.8 Å². The van der Waals surface area contributed by atoms with Gasteiger partial charge in [-0.1, -0.05) is 53.4 Å². The van der Waals surface area contributed by atoms with Crippen LogP contribution in [0.25, 0.3) is 21.6 Å². The number of thioether (sulfide) groups is 1. The molecular formula is C14H12N4OS2. The third kappa shape index (κ3) is 3.03. The van der Waals surface area contributed by atoms with Crippen LogP contribution in [0.1, 0.15) is 5.01 Å². The summed E-state index contributed by atoms with van der Waals surface area (Å²) >= 11 is 2.76. The monoisotopic (exact) mass is 316 g/mol. The molecule has 0 saturated carbocycles. The fourth-order valence-electron chi connectivity index (χ4n) is 1.90. The summed E-state index contributed by atoms with van der Waals surface area (Å²) in [5, 5.41) is 1.48. The number of carbonyl (C=O) groups is 1. The lowest BCUT2D eigenvalue weighted by atomic mass is 10.1. The van der Waals surface area contributed by atoms with E-state index in [4.69, 9.17) is 5.73 Å². The van der Waals surface area contributed by atoms with Gasteiger partial charge in [0, 0.05) is 5.56 Å². The molecule has 0 atom stereocenters. The summed E-state index contributed by atoms with van der Waals surface area (Å²) in [4.78, 5) is 25.3. The maximum atomic E-state index is 10.9. The van der Waals surface area contributed by atoms with Crippen molar-refractivity contribution in [2.24, 2.45) is 5.73 Å². The Hall–Kier alpha value is -1.99. The van der Waals surface area contributed by atoms with Gasteiger partial charge in [0.05, 0.1) is 10.8 Å². The van der Waals surface area contributed by atoms with Gasteiger partial charge in [0.2, 0.25) is 5.91 Å². The van der Waals surface area contributed by atoms with E-state index in [-0.39, 0.29) is 11.7 Å². The number of nitrogens with zero attached hydrogens (tertiary/aromatic N) is 3. The number of thiazole rings is 1. The van der Waals surface area contributed by atoms with Crippen LogP contribution in [0.2, 0.25) is 0 Å². The molecule has 0 radical (unpaired) electrons. The lowest BCUT2D eigenvalue weighted by Crippen LogP contribution is -2.13. The van der Waals surface area contributed by atoms with E-state index in [0.717, 1.165) is 26.6 Å². The standard InChI is InChI=1S/C14H12N4OS2/c1-8-16-12-11(9-5-3-2-4-6-9)17-14(18-13(12)21-8)20-7-10(15)19/h2-6H,7H2,1H3,(H2,15,19). The second-order valence-electron chi connectivity index (χ2n) is 4.36. The first kappa shape index (κ1) is 14.0. The molecule has 3 aromatic rings. The molecule has 0 fully saturated rings. The van der Waals surface area contributed by atoms with Crippen LogP contribution < -0.4 is 5.73 Å². The average molecular weight is 316 g/mol. The molecular weight excluding hydrogens is 304 g/mol. The Bertz CT molecular complexity index is 801. The smallest absolute Gasteiger partial charge is 0.227 e. The second-order valence-corrected chi connectivity index (χ2v) is 6.49. The quantitative estimate of drug-likeness (QED) is 0.591. The number of carbonyl (C=O) groups excluding carboxylic acids is 1. The highest BCUT2D eigenvalue weighted by Gasteiger charge is 2.14. The third-order valence-corrected chi connectivity index (χ3v) is 4.47. The van der Waals surface area contributed by atoms with Crippen molar-refractivity contribution >= 4 is 39.4 Å². The van der Waals surface area contributed by atoms with Gasteiger partial charge in [-0.25, -0.2) is 15.0 Å². The number of primary amides is 1. The number of hydrogen-bond acceptors (Lipinski definition) is 6. The minimum atomic E-state index is -0.384. The summed E-state index contributed by atoms with van der Waals surface area (Å²) in [5.41, 5.74) is 7.75. The largest absolute Gasteiger partial charge is 0.369 e. The SMILES string of the molecule is Cc1nc2c(-c3ccccc3)nc(SCC(N)=O)nc2s1. The van der Waals surface area contributed by atoms with Crippen molar-refractivity contribution in [3.05, 3.63) is 35.3 Å². The Kier molecular flexibility index (Phi) is 3.85. The van der Waals surface area contributed by atoms with Gasteiger partial charge in [0.25, 0.3) is 0 Å². The third-order valence-electron chi connectivity index (χ3n) is 2.74. The van der Waals surface area contributed by atoms with Gasteiger partial charge in [0.1, 0.15) is 16.0 Å². The number of fused-ring (bicyclic) bond motifs is 1. The Morgan fingerprint density at radius 3 is 2.71 bits per heavy atom. The first-order chi connectivity index (χ1) is 10.1. The summed E-state index contributed by atoms with van der Waals surface area (Å²) in [5.74, 6) is -0.220. The number of nitrogens with two attached hydrogens (primary N) is 1. The van der Waals surface area contributed by atoms with Crippen molar-refractivity contribution in [1.29, 1.82) is 0 Å². The van der Waals surface area contributed by atoms with Crippen molar-refractivity contribution in [3.8, 4) is 11.3 Å². The zero-order chi connectivity index (χ0) is 14.8. The first-order valence-corrected chi connectivity index (χ1v) is 8.05. The molecule has 3 rings (SSSR count). The Morgan fingerprint density at radius 1 is 1.24 bits per heavy atom. The lowest BCUT2D eigenvalue weighted by Gasteiger charge is -2.04. The van der Waals surface area contributed by atoms with Gasteiger partial charge in [-0.2, -0.15) is 0 Å². The van der Waals surface area contributed by atoms with Crippen molar-refractivity contribution < 1.29 is 4.79 Å². The van der Waals surface area contributed by atoms with E-state index in [1.165, 1.54) is 23.1 Å². The number of amides is 1. The molecule has 2 aromatic heterocycles. The molecule has 5 nitrogen and oxygen atoms in total. The van der Waals surface area contributed by atoms with Gasteiger partial charge >= 0.3 is 0 Å². The highest BCUT2D eigenvalue weighted by molar-refractivity contribution is 7.99. The summed E-state index contributed by atoms with van der Waals surface area (Å²) in [6.07, 6.45) is 0. The van der Waals surface area contributed by atoms with Crippen LogP contribution in [-0.4, -0.2) is 26.6 Å². The number of hydrogen-bond donors (Lipinski definition) is 1. The molecule has 1 amide bonds. The van der Waals surface area contributed by atoms with Crippen molar-refractivity contribution in [1.82, 2.24) is 15.0 Å². The molecule has 0 unspecified atom stereocenters. The molecule has 106 valence electrons.